The van der Waals surface area contributed by atoms with Crippen molar-refractivity contribution in [1.29, 1.82) is 0 Å². The third-order valence-corrected chi connectivity index (χ3v) is 3.87. The fraction of sp³-hybridized carbons (Fsp3) is 0.263. The van der Waals surface area contributed by atoms with Crippen molar-refractivity contribution in [2.75, 3.05) is 11.9 Å². The SMILES string of the molecule is CCOC(=O)c1cnn(-c2ccccc2)c1NC(=O)CCn1ccc(C)n1. The highest BCUT2D eigenvalue weighted by Gasteiger charge is 2.21. The first kappa shape index (κ1) is 18.4. The maximum absolute atomic E-state index is 12.5. The number of aryl methyl sites for hydroxylation is 2. The van der Waals surface area contributed by atoms with E-state index in [0.29, 0.717) is 12.4 Å². The maximum atomic E-state index is 12.5. The minimum absolute atomic E-state index is 0.212. The Morgan fingerprint density at radius 3 is 2.63 bits per heavy atom. The summed E-state index contributed by atoms with van der Waals surface area (Å²) in [6.07, 6.45) is 3.43. The van der Waals surface area contributed by atoms with Gasteiger partial charge in [0.25, 0.3) is 0 Å². The molecular formula is C19H21N5O3. The Bertz CT molecular complexity index is 930. The van der Waals surface area contributed by atoms with Crippen molar-refractivity contribution in [1.82, 2.24) is 19.6 Å². The summed E-state index contributed by atoms with van der Waals surface area (Å²) in [5, 5.41) is 11.3. The minimum Gasteiger partial charge on any atom is -0.462 e. The molecule has 0 fully saturated rings. The van der Waals surface area contributed by atoms with Crippen molar-refractivity contribution in [3.05, 3.63) is 60.0 Å². The molecule has 1 N–H and O–H groups in total. The van der Waals surface area contributed by atoms with Gasteiger partial charge in [-0.25, -0.2) is 9.48 Å². The third-order valence-electron chi connectivity index (χ3n) is 3.87. The molecule has 1 aromatic carbocycles. The summed E-state index contributed by atoms with van der Waals surface area (Å²) in [6.45, 7) is 4.29. The van der Waals surface area contributed by atoms with Crippen LogP contribution in [0.1, 0.15) is 29.4 Å². The zero-order chi connectivity index (χ0) is 19.2. The Morgan fingerprint density at radius 1 is 1.19 bits per heavy atom. The van der Waals surface area contributed by atoms with Crippen LogP contribution in [0.15, 0.2) is 48.8 Å². The number of carbonyl (C=O) groups is 2. The fourth-order valence-electron chi connectivity index (χ4n) is 2.59. The van der Waals surface area contributed by atoms with E-state index in [2.05, 4.69) is 15.5 Å². The first-order chi connectivity index (χ1) is 13.1. The van der Waals surface area contributed by atoms with E-state index >= 15 is 0 Å². The first-order valence-corrected chi connectivity index (χ1v) is 8.69. The van der Waals surface area contributed by atoms with Gasteiger partial charge in [-0.05, 0) is 32.0 Å². The number of rotatable bonds is 7. The van der Waals surface area contributed by atoms with Gasteiger partial charge in [0, 0.05) is 19.2 Å². The summed E-state index contributed by atoms with van der Waals surface area (Å²) in [5.41, 5.74) is 1.83. The van der Waals surface area contributed by atoms with Gasteiger partial charge in [-0.15, -0.1) is 0 Å². The van der Waals surface area contributed by atoms with Gasteiger partial charge in [-0.2, -0.15) is 10.2 Å². The molecule has 0 atom stereocenters. The maximum Gasteiger partial charge on any atom is 0.343 e. The van der Waals surface area contributed by atoms with Crippen LogP contribution in [-0.2, 0) is 16.1 Å². The van der Waals surface area contributed by atoms with E-state index in [1.54, 1.807) is 11.6 Å². The molecule has 2 aromatic heterocycles. The van der Waals surface area contributed by atoms with Crippen LogP contribution in [0.2, 0.25) is 0 Å². The van der Waals surface area contributed by atoms with Crippen LogP contribution in [0.3, 0.4) is 0 Å². The molecule has 3 aromatic rings. The van der Waals surface area contributed by atoms with E-state index in [9.17, 15) is 9.59 Å². The Hall–Kier alpha value is -3.42. The van der Waals surface area contributed by atoms with Crippen LogP contribution in [0.5, 0.6) is 0 Å². The molecule has 0 unspecified atom stereocenters. The normalized spacial score (nSPS) is 10.6. The Balaban J connectivity index is 1.81. The molecule has 0 radical (unpaired) electrons. The number of para-hydroxylation sites is 1. The van der Waals surface area contributed by atoms with Crippen LogP contribution < -0.4 is 5.32 Å². The highest BCUT2D eigenvalue weighted by atomic mass is 16.5. The molecule has 2 heterocycles. The zero-order valence-electron chi connectivity index (χ0n) is 15.3. The van der Waals surface area contributed by atoms with E-state index in [0.717, 1.165) is 11.4 Å². The molecule has 0 bridgehead atoms. The first-order valence-electron chi connectivity index (χ1n) is 8.69. The molecule has 8 heteroatoms. The second kappa shape index (κ2) is 8.31. The average Bonchev–Trinajstić information content (AvgIpc) is 3.27. The monoisotopic (exact) mass is 367 g/mol. The number of hydrogen-bond acceptors (Lipinski definition) is 5. The predicted molar refractivity (Wildman–Crippen MR) is 99.7 cm³/mol. The number of carbonyl (C=O) groups excluding carboxylic acids is 2. The van der Waals surface area contributed by atoms with Crippen LogP contribution in [0.25, 0.3) is 5.69 Å². The summed E-state index contributed by atoms with van der Waals surface area (Å²) in [7, 11) is 0. The Kier molecular flexibility index (Phi) is 5.65. The number of esters is 1. The van der Waals surface area contributed by atoms with Gasteiger partial charge in [-0.3, -0.25) is 9.48 Å². The third kappa shape index (κ3) is 4.41. The van der Waals surface area contributed by atoms with E-state index < -0.39 is 5.97 Å². The van der Waals surface area contributed by atoms with Crippen LogP contribution in [0.4, 0.5) is 5.82 Å². The quantitative estimate of drug-likeness (QED) is 0.648. The number of nitrogens with one attached hydrogen (secondary N) is 1. The van der Waals surface area contributed by atoms with Gasteiger partial charge in [0.1, 0.15) is 5.56 Å². The van der Waals surface area contributed by atoms with Crippen molar-refractivity contribution >= 4 is 17.7 Å². The second-order valence-corrected chi connectivity index (χ2v) is 5.89. The number of nitrogens with zero attached hydrogens (tertiary/aromatic N) is 4. The van der Waals surface area contributed by atoms with Crippen LogP contribution >= 0.6 is 0 Å². The fourth-order valence-corrected chi connectivity index (χ4v) is 2.59. The largest absolute Gasteiger partial charge is 0.462 e. The lowest BCUT2D eigenvalue weighted by atomic mass is 10.3. The molecule has 3 rings (SSSR count). The van der Waals surface area contributed by atoms with Gasteiger partial charge in [-0.1, -0.05) is 18.2 Å². The van der Waals surface area contributed by atoms with Gasteiger partial charge in [0.05, 0.1) is 24.2 Å². The lowest BCUT2D eigenvalue weighted by molar-refractivity contribution is -0.116. The summed E-state index contributed by atoms with van der Waals surface area (Å²) in [5.74, 6) is -0.481. The molecule has 0 spiro atoms. The van der Waals surface area contributed by atoms with E-state index in [1.165, 1.54) is 10.9 Å². The Morgan fingerprint density at radius 2 is 1.96 bits per heavy atom. The van der Waals surface area contributed by atoms with E-state index in [4.69, 9.17) is 4.74 Å². The van der Waals surface area contributed by atoms with Gasteiger partial charge >= 0.3 is 5.97 Å². The molecule has 0 aliphatic rings. The van der Waals surface area contributed by atoms with Gasteiger partial charge < -0.3 is 10.1 Å². The number of benzene rings is 1. The van der Waals surface area contributed by atoms with Crippen LogP contribution in [0, 0.1) is 6.92 Å². The van der Waals surface area contributed by atoms with Gasteiger partial charge in [0.2, 0.25) is 5.91 Å². The number of aromatic nitrogens is 4. The minimum atomic E-state index is -0.530. The molecule has 0 saturated heterocycles. The van der Waals surface area contributed by atoms with Crippen molar-refractivity contribution < 1.29 is 14.3 Å². The highest BCUT2D eigenvalue weighted by Crippen LogP contribution is 2.21. The topological polar surface area (TPSA) is 91.0 Å². The lowest BCUT2D eigenvalue weighted by Crippen LogP contribution is -2.19. The standard InChI is InChI=1S/C19H21N5O3/c1-3-27-19(26)16-13-20-24(15-7-5-4-6-8-15)18(16)21-17(25)10-12-23-11-9-14(2)22-23/h4-9,11,13H,3,10,12H2,1-2H3,(H,21,25). The van der Waals surface area contributed by atoms with Crippen LogP contribution in [-0.4, -0.2) is 38.0 Å². The number of ether oxygens (including phenoxy) is 1. The number of amides is 1. The summed E-state index contributed by atoms with van der Waals surface area (Å²) in [4.78, 5) is 24.7. The van der Waals surface area contributed by atoms with E-state index in [-0.39, 0.29) is 24.5 Å². The number of anilines is 1. The number of hydrogen-bond donors (Lipinski definition) is 1. The molecular weight excluding hydrogens is 346 g/mol. The average molecular weight is 367 g/mol. The van der Waals surface area contributed by atoms with Gasteiger partial charge in [0.15, 0.2) is 5.82 Å². The molecule has 1 amide bonds. The molecule has 8 nitrogen and oxygen atoms in total. The summed E-state index contributed by atoms with van der Waals surface area (Å²) < 4.78 is 8.29. The van der Waals surface area contributed by atoms with E-state index in [1.807, 2.05) is 49.5 Å². The molecule has 140 valence electrons. The Labute approximate surface area is 156 Å². The molecule has 0 saturated carbocycles. The highest BCUT2D eigenvalue weighted by molar-refractivity contribution is 6.00. The molecule has 0 aliphatic carbocycles. The predicted octanol–water partition coefficient (Wildman–Crippen LogP) is 2.58. The molecule has 27 heavy (non-hydrogen) atoms. The van der Waals surface area contributed by atoms with Crippen molar-refractivity contribution in [2.24, 2.45) is 0 Å². The summed E-state index contributed by atoms with van der Waals surface area (Å²) in [6, 6.07) is 11.1. The van der Waals surface area contributed by atoms with Crippen molar-refractivity contribution in [3.8, 4) is 5.69 Å². The van der Waals surface area contributed by atoms with Crippen molar-refractivity contribution in [2.45, 2.75) is 26.8 Å². The smallest absolute Gasteiger partial charge is 0.343 e. The lowest BCUT2D eigenvalue weighted by Gasteiger charge is -2.11. The second-order valence-electron chi connectivity index (χ2n) is 5.89. The zero-order valence-corrected chi connectivity index (χ0v) is 15.3. The summed E-state index contributed by atoms with van der Waals surface area (Å²) >= 11 is 0. The molecule has 0 aliphatic heterocycles. The van der Waals surface area contributed by atoms with Crippen molar-refractivity contribution in [3.63, 3.8) is 0 Å².